The zero-order valence-electron chi connectivity index (χ0n) is 7.43. The molecular formula is C9H10ClIO2. The second-order valence-electron chi connectivity index (χ2n) is 2.40. The van der Waals surface area contributed by atoms with E-state index >= 15 is 0 Å². The fourth-order valence-corrected chi connectivity index (χ4v) is 2.40. The molecule has 72 valence electrons. The van der Waals surface area contributed by atoms with Gasteiger partial charge in [0.15, 0.2) is 0 Å². The summed E-state index contributed by atoms with van der Waals surface area (Å²) in [6, 6.07) is 3.73. The average Bonchev–Trinajstić information content (AvgIpc) is 2.17. The van der Waals surface area contributed by atoms with E-state index in [1.54, 1.807) is 14.2 Å². The van der Waals surface area contributed by atoms with Crippen LogP contribution >= 0.6 is 34.2 Å². The zero-order chi connectivity index (χ0) is 9.84. The summed E-state index contributed by atoms with van der Waals surface area (Å²) in [5.41, 5.74) is 0.976. The molecule has 0 saturated heterocycles. The van der Waals surface area contributed by atoms with Crippen LogP contribution < -0.4 is 9.47 Å². The van der Waals surface area contributed by atoms with Gasteiger partial charge < -0.3 is 9.47 Å². The molecule has 0 bridgehead atoms. The molecule has 0 fully saturated rings. The van der Waals surface area contributed by atoms with Gasteiger partial charge in [-0.3, -0.25) is 0 Å². The van der Waals surface area contributed by atoms with Gasteiger partial charge in [-0.2, -0.15) is 0 Å². The highest BCUT2D eigenvalue weighted by Crippen LogP contribution is 2.32. The van der Waals surface area contributed by atoms with Crippen molar-refractivity contribution in [2.45, 2.75) is 5.88 Å². The number of ether oxygens (including phenoxy) is 2. The molecule has 0 aliphatic heterocycles. The van der Waals surface area contributed by atoms with E-state index in [1.165, 1.54) is 0 Å². The Morgan fingerprint density at radius 1 is 1.23 bits per heavy atom. The fourth-order valence-electron chi connectivity index (χ4n) is 1.06. The third-order valence-electron chi connectivity index (χ3n) is 1.74. The van der Waals surface area contributed by atoms with Crippen molar-refractivity contribution in [1.82, 2.24) is 0 Å². The molecule has 2 nitrogen and oxygen atoms in total. The first-order valence-electron chi connectivity index (χ1n) is 3.70. The van der Waals surface area contributed by atoms with Crippen LogP contribution in [0.1, 0.15) is 5.56 Å². The van der Waals surface area contributed by atoms with Gasteiger partial charge in [-0.05, 0) is 34.7 Å². The van der Waals surface area contributed by atoms with Gasteiger partial charge in [-0.25, -0.2) is 0 Å². The monoisotopic (exact) mass is 312 g/mol. The lowest BCUT2D eigenvalue weighted by Gasteiger charge is -2.11. The summed E-state index contributed by atoms with van der Waals surface area (Å²) in [5.74, 6) is 2.07. The largest absolute Gasteiger partial charge is 0.496 e. The predicted octanol–water partition coefficient (Wildman–Crippen LogP) is 3.05. The molecule has 0 aliphatic carbocycles. The van der Waals surface area contributed by atoms with Crippen molar-refractivity contribution < 1.29 is 9.47 Å². The topological polar surface area (TPSA) is 18.5 Å². The number of benzene rings is 1. The summed E-state index contributed by atoms with van der Waals surface area (Å²) in [6.45, 7) is 0. The molecule has 1 rings (SSSR count). The summed E-state index contributed by atoms with van der Waals surface area (Å²) in [5, 5.41) is 0. The zero-order valence-corrected chi connectivity index (χ0v) is 10.3. The number of alkyl halides is 1. The lowest BCUT2D eigenvalue weighted by atomic mass is 10.2. The molecule has 0 saturated carbocycles. The molecule has 0 spiro atoms. The Kier molecular flexibility index (Phi) is 4.12. The minimum atomic E-state index is 0.429. The number of hydrogen-bond donors (Lipinski definition) is 0. The predicted molar refractivity (Wildman–Crippen MR) is 61.8 cm³/mol. The quantitative estimate of drug-likeness (QED) is 0.631. The van der Waals surface area contributed by atoms with Gasteiger partial charge in [0.05, 0.1) is 23.7 Å². The first-order chi connectivity index (χ1) is 6.24. The fraction of sp³-hybridized carbons (Fsp3) is 0.333. The van der Waals surface area contributed by atoms with Crippen molar-refractivity contribution in [3.63, 3.8) is 0 Å². The summed E-state index contributed by atoms with van der Waals surface area (Å²) in [7, 11) is 3.27. The molecule has 0 heterocycles. The molecule has 13 heavy (non-hydrogen) atoms. The Labute approximate surface area is 96.3 Å². The van der Waals surface area contributed by atoms with Gasteiger partial charge in [0.25, 0.3) is 0 Å². The second kappa shape index (κ2) is 4.91. The second-order valence-corrected chi connectivity index (χ2v) is 3.74. The number of hydrogen-bond acceptors (Lipinski definition) is 2. The van der Waals surface area contributed by atoms with Crippen LogP contribution in [-0.4, -0.2) is 14.2 Å². The standard InChI is InChI=1S/C9H10ClIO2/c1-12-7-3-4-8(13-2)9(11)6(7)5-10/h3-4H,5H2,1-2H3. The van der Waals surface area contributed by atoms with Crippen LogP contribution in [0.2, 0.25) is 0 Å². The van der Waals surface area contributed by atoms with Crippen LogP contribution in [0.15, 0.2) is 12.1 Å². The van der Waals surface area contributed by atoms with Gasteiger partial charge in [0, 0.05) is 5.56 Å². The van der Waals surface area contributed by atoms with E-state index in [9.17, 15) is 0 Å². The molecule has 1 aromatic rings. The maximum Gasteiger partial charge on any atom is 0.132 e. The van der Waals surface area contributed by atoms with Crippen LogP contribution in [0.25, 0.3) is 0 Å². The summed E-state index contributed by atoms with van der Waals surface area (Å²) in [4.78, 5) is 0. The molecule has 0 aliphatic rings. The summed E-state index contributed by atoms with van der Waals surface area (Å²) >= 11 is 8.01. The lowest BCUT2D eigenvalue weighted by molar-refractivity contribution is 0.397. The van der Waals surface area contributed by atoms with E-state index in [0.29, 0.717) is 5.88 Å². The smallest absolute Gasteiger partial charge is 0.132 e. The number of methoxy groups -OCH3 is 2. The first-order valence-corrected chi connectivity index (χ1v) is 5.31. The van der Waals surface area contributed by atoms with Crippen molar-refractivity contribution in [2.24, 2.45) is 0 Å². The minimum absolute atomic E-state index is 0.429. The Morgan fingerprint density at radius 2 is 1.77 bits per heavy atom. The van der Waals surface area contributed by atoms with Crippen molar-refractivity contribution in [1.29, 1.82) is 0 Å². The number of rotatable bonds is 3. The summed E-state index contributed by atoms with van der Waals surface area (Å²) in [6.07, 6.45) is 0. The van der Waals surface area contributed by atoms with Crippen LogP contribution in [0, 0.1) is 3.57 Å². The van der Waals surface area contributed by atoms with Gasteiger partial charge in [-0.1, -0.05) is 0 Å². The Bertz CT molecular complexity index is 302. The first kappa shape index (κ1) is 10.9. The molecule has 0 aromatic heterocycles. The third-order valence-corrected chi connectivity index (χ3v) is 3.19. The van der Waals surface area contributed by atoms with Crippen molar-refractivity contribution in [3.05, 3.63) is 21.3 Å². The maximum absolute atomic E-state index is 5.80. The van der Waals surface area contributed by atoms with Gasteiger partial charge in [-0.15, -0.1) is 11.6 Å². The van der Waals surface area contributed by atoms with Gasteiger partial charge in [0.1, 0.15) is 11.5 Å². The van der Waals surface area contributed by atoms with Crippen molar-refractivity contribution >= 4 is 34.2 Å². The third kappa shape index (κ3) is 2.20. The molecule has 0 atom stereocenters. The Balaban J connectivity index is 3.23. The minimum Gasteiger partial charge on any atom is -0.496 e. The van der Waals surface area contributed by atoms with E-state index in [1.807, 2.05) is 12.1 Å². The normalized spacial score (nSPS) is 9.85. The van der Waals surface area contributed by atoms with E-state index < -0.39 is 0 Å². The van der Waals surface area contributed by atoms with Crippen LogP contribution in [0.5, 0.6) is 11.5 Å². The maximum atomic E-state index is 5.80. The highest BCUT2D eigenvalue weighted by atomic mass is 127. The van der Waals surface area contributed by atoms with Crippen LogP contribution in [0.4, 0.5) is 0 Å². The molecule has 0 unspecified atom stereocenters. The summed E-state index contributed by atoms with van der Waals surface area (Å²) < 4.78 is 11.3. The van der Waals surface area contributed by atoms with Crippen LogP contribution in [0.3, 0.4) is 0 Å². The van der Waals surface area contributed by atoms with Gasteiger partial charge in [0.2, 0.25) is 0 Å². The molecule has 0 radical (unpaired) electrons. The highest BCUT2D eigenvalue weighted by molar-refractivity contribution is 14.1. The Morgan fingerprint density at radius 3 is 2.23 bits per heavy atom. The highest BCUT2D eigenvalue weighted by Gasteiger charge is 2.10. The molecule has 0 amide bonds. The SMILES string of the molecule is COc1ccc(OC)c(CCl)c1I. The van der Waals surface area contributed by atoms with E-state index in [0.717, 1.165) is 20.6 Å². The van der Waals surface area contributed by atoms with Crippen LogP contribution in [-0.2, 0) is 5.88 Å². The Hall–Kier alpha value is -0.160. The molecule has 4 heteroatoms. The van der Waals surface area contributed by atoms with Gasteiger partial charge >= 0.3 is 0 Å². The van der Waals surface area contributed by atoms with E-state index in [4.69, 9.17) is 21.1 Å². The lowest BCUT2D eigenvalue weighted by Crippen LogP contribution is -1.96. The van der Waals surface area contributed by atoms with E-state index in [2.05, 4.69) is 22.6 Å². The molecule has 0 N–H and O–H groups in total. The van der Waals surface area contributed by atoms with Crippen molar-refractivity contribution in [3.8, 4) is 11.5 Å². The number of halogens is 2. The average molecular weight is 313 g/mol. The van der Waals surface area contributed by atoms with E-state index in [-0.39, 0.29) is 0 Å². The molecular weight excluding hydrogens is 302 g/mol. The van der Waals surface area contributed by atoms with Crippen molar-refractivity contribution in [2.75, 3.05) is 14.2 Å². The molecule has 1 aromatic carbocycles.